The molecule has 1 aromatic heterocycles. The van der Waals surface area contributed by atoms with Gasteiger partial charge < -0.3 is 14.4 Å². The maximum absolute atomic E-state index is 13.5. The fourth-order valence-electron chi connectivity index (χ4n) is 4.43. The first kappa shape index (κ1) is 22.7. The summed E-state index contributed by atoms with van der Waals surface area (Å²) in [5, 5.41) is 7.48. The third-order valence-corrected chi connectivity index (χ3v) is 6.16. The second-order valence-electron chi connectivity index (χ2n) is 8.47. The van der Waals surface area contributed by atoms with Crippen LogP contribution in [0.25, 0.3) is 11.3 Å². The summed E-state index contributed by atoms with van der Waals surface area (Å²) >= 11 is 0. The van der Waals surface area contributed by atoms with Gasteiger partial charge in [0.1, 0.15) is 23.0 Å². The van der Waals surface area contributed by atoms with Gasteiger partial charge in [-0.25, -0.2) is 4.39 Å². The average molecular weight is 472 g/mol. The van der Waals surface area contributed by atoms with Crippen molar-refractivity contribution in [2.24, 2.45) is 0 Å². The molecule has 0 radical (unpaired) electrons. The molecule has 0 spiro atoms. The van der Waals surface area contributed by atoms with E-state index in [4.69, 9.17) is 9.47 Å². The normalized spacial score (nSPS) is 14.8. The minimum absolute atomic E-state index is 0.145. The number of H-pyrrole nitrogens is 1. The quantitative estimate of drug-likeness (QED) is 0.355. The predicted octanol–water partition coefficient (Wildman–Crippen LogP) is 5.76. The Bertz CT molecular complexity index is 1320. The van der Waals surface area contributed by atoms with Crippen molar-refractivity contribution in [2.45, 2.75) is 25.9 Å². The lowest BCUT2D eigenvalue weighted by Crippen LogP contribution is -2.29. The molecule has 6 nitrogen and oxygen atoms in total. The molecular formula is C28H26FN3O3. The Labute approximate surface area is 203 Å². The second kappa shape index (κ2) is 9.62. The molecule has 0 saturated heterocycles. The maximum atomic E-state index is 13.5. The number of carbonyl (C=O) groups excluding carboxylic acids is 1. The van der Waals surface area contributed by atoms with E-state index >= 15 is 0 Å². The molecule has 0 fully saturated rings. The van der Waals surface area contributed by atoms with E-state index in [1.807, 2.05) is 48.5 Å². The van der Waals surface area contributed by atoms with E-state index < -0.39 is 0 Å². The number of rotatable bonds is 8. The molecule has 0 aliphatic carbocycles. The molecule has 1 aliphatic heterocycles. The third kappa shape index (κ3) is 4.37. The highest BCUT2D eigenvalue weighted by Crippen LogP contribution is 2.44. The van der Waals surface area contributed by atoms with Crippen LogP contribution in [0.2, 0.25) is 0 Å². The first-order valence-corrected chi connectivity index (χ1v) is 11.6. The molecule has 5 rings (SSSR count). The number of aromatic nitrogens is 2. The molecule has 1 aliphatic rings. The Kier molecular flexibility index (Phi) is 6.23. The number of aromatic amines is 1. The smallest absolute Gasteiger partial charge is 0.273 e. The van der Waals surface area contributed by atoms with Gasteiger partial charge in [-0.2, -0.15) is 5.10 Å². The number of ether oxygens (including phenoxy) is 2. The van der Waals surface area contributed by atoms with Crippen molar-refractivity contribution in [2.75, 3.05) is 13.7 Å². The maximum Gasteiger partial charge on any atom is 0.273 e. The van der Waals surface area contributed by atoms with Crippen LogP contribution in [0.15, 0.2) is 72.8 Å². The van der Waals surface area contributed by atoms with Crippen molar-refractivity contribution in [3.8, 4) is 22.8 Å². The molecule has 2 heterocycles. The van der Waals surface area contributed by atoms with Gasteiger partial charge in [0.2, 0.25) is 0 Å². The summed E-state index contributed by atoms with van der Waals surface area (Å²) in [6.45, 7) is 3.04. The van der Waals surface area contributed by atoms with Crippen LogP contribution in [-0.2, 0) is 6.54 Å². The van der Waals surface area contributed by atoms with Crippen LogP contribution in [0.1, 0.15) is 46.6 Å². The van der Waals surface area contributed by atoms with Gasteiger partial charge in [0.15, 0.2) is 0 Å². The van der Waals surface area contributed by atoms with E-state index in [0.717, 1.165) is 40.2 Å². The van der Waals surface area contributed by atoms with Crippen molar-refractivity contribution in [1.29, 1.82) is 0 Å². The molecule has 1 N–H and O–H groups in total. The minimum Gasteiger partial charge on any atom is -0.497 e. The molecule has 0 bridgehead atoms. The van der Waals surface area contributed by atoms with Gasteiger partial charge >= 0.3 is 0 Å². The zero-order valence-corrected chi connectivity index (χ0v) is 19.6. The van der Waals surface area contributed by atoms with Gasteiger partial charge in [0.25, 0.3) is 5.91 Å². The first-order valence-electron chi connectivity index (χ1n) is 11.6. The molecule has 3 aromatic carbocycles. The van der Waals surface area contributed by atoms with E-state index in [0.29, 0.717) is 24.5 Å². The summed E-state index contributed by atoms with van der Waals surface area (Å²) in [4.78, 5) is 15.3. The molecular weight excluding hydrogens is 445 g/mol. The summed E-state index contributed by atoms with van der Waals surface area (Å²) in [6, 6.07) is 21.3. The number of benzene rings is 3. The number of methoxy groups -OCH3 is 1. The number of nitrogens with zero attached hydrogens (tertiary/aromatic N) is 2. The van der Waals surface area contributed by atoms with E-state index in [1.165, 1.54) is 12.1 Å². The van der Waals surface area contributed by atoms with Gasteiger partial charge in [0, 0.05) is 17.7 Å². The molecule has 1 amide bonds. The van der Waals surface area contributed by atoms with Crippen LogP contribution in [0.4, 0.5) is 4.39 Å². The van der Waals surface area contributed by atoms with Crippen molar-refractivity contribution in [1.82, 2.24) is 15.1 Å². The summed E-state index contributed by atoms with van der Waals surface area (Å²) in [6.07, 6.45) is 0.925. The Balaban J connectivity index is 1.57. The van der Waals surface area contributed by atoms with Crippen LogP contribution in [0.5, 0.6) is 11.5 Å². The lowest BCUT2D eigenvalue weighted by Gasteiger charge is -2.26. The Morgan fingerprint density at radius 1 is 0.971 bits per heavy atom. The number of amides is 1. The SMILES string of the molecule is CCCOc1ccc(C2c3c(-c4ccc(OC)cc4)n[nH]c3C(=O)N2Cc2ccc(F)cc2)cc1. The van der Waals surface area contributed by atoms with Crippen molar-refractivity contribution in [3.05, 3.63) is 101 Å². The van der Waals surface area contributed by atoms with Crippen LogP contribution >= 0.6 is 0 Å². The molecule has 1 atom stereocenters. The van der Waals surface area contributed by atoms with Crippen LogP contribution < -0.4 is 9.47 Å². The number of carbonyl (C=O) groups is 1. The summed E-state index contributed by atoms with van der Waals surface area (Å²) < 4.78 is 24.5. The molecule has 35 heavy (non-hydrogen) atoms. The van der Waals surface area contributed by atoms with Crippen LogP contribution in [-0.4, -0.2) is 34.7 Å². The average Bonchev–Trinajstić information content (AvgIpc) is 3.43. The van der Waals surface area contributed by atoms with Gasteiger partial charge in [-0.3, -0.25) is 9.89 Å². The van der Waals surface area contributed by atoms with Crippen LogP contribution in [0, 0.1) is 5.82 Å². The van der Waals surface area contributed by atoms with E-state index in [9.17, 15) is 9.18 Å². The lowest BCUT2D eigenvalue weighted by atomic mass is 9.95. The fourth-order valence-corrected chi connectivity index (χ4v) is 4.43. The molecule has 0 saturated carbocycles. The third-order valence-electron chi connectivity index (χ3n) is 6.16. The highest BCUT2D eigenvalue weighted by molar-refractivity contribution is 6.00. The zero-order chi connectivity index (χ0) is 24.4. The second-order valence-corrected chi connectivity index (χ2v) is 8.47. The topological polar surface area (TPSA) is 67.5 Å². The number of nitrogens with one attached hydrogen (secondary N) is 1. The molecule has 1 unspecified atom stereocenters. The number of fused-ring (bicyclic) bond motifs is 1. The van der Waals surface area contributed by atoms with Crippen molar-refractivity contribution in [3.63, 3.8) is 0 Å². The Morgan fingerprint density at radius 2 is 1.66 bits per heavy atom. The van der Waals surface area contributed by atoms with Crippen molar-refractivity contribution >= 4 is 5.91 Å². The highest BCUT2D eigenvalue weighted by atomic mass is 19.1. The van der Waals surface area contributed by atoms with Crippen molar-refractivity contribution < 1.29 is 18.7 Å². The van der Waals surface area contributed by atoms with E-state index in [-0.39, 0.29) is 17.8 Å². The molecule has 7 heteroatoms. The van der Waals surface area contributed by atoms with Crippen LogP contribution in [0.3, 0.4) is 0 Å². The fraction of sp³-hybridized carbons (Fsp3) is 0.214. The molecule has 178 valence electrons. The van der Waals surface area contributed by atoms with E-state index in [2.05, 4.69) is 17.1 Å². The van der Waals surface area contributed by atoms with Gasteiger partial charge in [-0.1, -0.05) is 31.2 Å². The minimum atomic E-state index is -0.362. The lowest BCUT2D eigenvalue weighted by molar-refractivity contribution is 0.0730. The van der Waals surface area contributed by atoms with Gasteiger partial charge in [0.05, 0.1) is 25.5 Å². The van der Waals surface area contributed by atoms with Gasteiger partial charge in [-0.15, -0.1) is 0 Å². The number of hydrogen-bond acceptors (Lipinski definition) is 4. The zero-order valence-electron chi connectivity index (χ0n) is 19.6. The number of halogens is 1. The Morgan fingerprint density at radius 3 is 2.31 bits per heavy atom. The standard InChI is InChI=1S/C28H26FN3O3/c1-3-16-35-23-14-8-20(9-15-23)27-24-25(19-6-12-22(34-2)13-7-19)30-31-26(24)28(33)32(27)17-18-4-10-21(29)11-5-18/h4-15,27H,3,16-17H2,1-2H3,(H,30,31). The predicted molar refractivity (Wildman–Crippen MR) is 131 cm³/mol. The van der Waals surface area contributed by atoms with E-state index in [1.54, 1.807) is 24.1 Å². The summed E-state index contributed by atoms with van der Waals surface area (Å²) in [5.41, 5.74) is 4.68. The monoisotopic (exact) mass is 471 g/mol. The molecule has 4 aromatic rings. The first-order chi connectivity index (χ1) is 17.1. The van der Waals surface area contributed by atoms with Gasteiger partial charge in [-0.05, 0) is 66.1 Å². The summed E-state index contributed by atoms with van der Waals surface area (Å²) in [7, 11) is 1.62. The Hall–Kier alpha value is -4.13. The summed E-state index contributed by atoms with van der Waals surface area (Å²) in [5.74, 6) is 1.08. The largest absolute Gasteiger partial charge is 0.497 e. The highest BCUT2D eigenvalue weighted by Gasteiger charge is 2.42. The number of hydrogen-bond donors (Lipinski definition) is 1.